The van der Waals surface area contributed by atoms with Gasteiger partial charge in [-0.1, -0.05) is 6.42 Å². The Kier molecular flexibility index (Phi) is 5.41. The summed E-state index contributed by atoms with van der Waals surface area (Å²) in [5, 5.41) is 8.91. The Morgan fingerprint density at radius 2 is 1.80 bits per heavy atom. The fraction of sp³-hybridized carbons (Fsp3) is 0.708. The molecule has 2 aromatic rings. The minimum atomic E-state index is -0.189. The summed E-state index contributed by atoms with van der Waals surface area (Å²) < 4.78 is 1.98. The number of amides is 1. The van der Waals surface area contributed by atoms with Gasteiger partial charge in [0.25, 0.3) is 5.91 Å². The predicted molar refractivity (Wildman–Crippen MR) is 121 cm³/mol. The monoisotopic (exact) mass is 411 g/mol. The largest absolute Gasteiger partial charge is 0.350 e. The molecule has 6 heteroatoms. The number of carbonyl (C=O) groups excluding carboxylic acids is 1. The Labute approximate surface area is 180 Å². The smallest absolute Gasteiger partial charge is 0.252 e. The minimum absolute atomic E-state index is 0.00839. The number of hydrogen-bond acceptors (Lipinski definition) is 4. The highest BCUT2D eigenvalue weighted by Crippen LogP contribution is 2.41. The quantitative estimate of drug-likeness (QED) is 0.794. The first-order valence-corrected chi connectivity index (χ1v) is 11.5. The number of nitrogens with one attached hydrogen (secondary N) is 1. The van der Waals surface area contributed by atoms with Gasteiger partial charge in [-0.2, -0.15) is 5.10 Å². The van der Waals surface area contributed by atoms with Gasteiger partial charge in [0.2, 0.25) is 0 Å². The van der Waals surface area contributed by atoms with Crippen LogP contribution in [0.1, 0.15) is 94.4 Å². The number of nitrogens with zero attached hydrogens (tertiary/aromatic N) is 4. The molecule has 0 spiro atoms. The average Bonchev–Trinajstić information content (AvgIpc) is 3.49. The van der Waals surface area contributed by atoms with Crippen LogP contribution in [0.25, 0.3) is 11.0 Å². The van der Waals surface area contributed by atoms with E-state index >= 15 is 0 Å². The summed E-state index contributed by atoms with van der Waals surface area (Å²) in [6, 6.07) is 2.02. The highest BCUT2D eigenvalue weighted by Gasteiger charge is 2.32. The van der Waals surface area contributed by atoms with E-state index in [-0.39, 0.29) is 17.0 Å². The zero-order valence-electron chi connectivity index (χ0n) is 19.5. The molecule has 1 amide bonds. The van der Waals surface area contributed by atoms with Crippen molar-refractivity contribution in [1.82, 2.24) is 25.0 Å². The summed E-state index contributed by atoms with van der Waals surface area (Å²) in [4.78, 5) is 20.9. The molecule has 3 heterocycles. The first-order chi connectivity index (χ1) is 14.1. The van der Waals surface area contributed by atoms with Crippen molar-refractivity contribution in [2.45, 2.75) is 90.6 Å². The van der Waals surface area contributed by atoms with E-state index in [4.69, 9.17) is 10.1 Å². The number of pyridine rings is 1. The van der Waals surface area contributed by atoms with Crippen LogP contribution in [0, 0.1) is 6.92 Å². The van der Waals surface area contributed by atoms with E-state index in [0.717, 1.165) is 53.9 Å². The third-order valence-corrected chi connectivity index (χ3v) is 6.60. The molecule has 1 aliphatic carbocycles. The molecule has 164 valence electrons. The van der Waals surface area contributed by atoms with Gasteiger partial charge < -0.3 is 5.32 Å². The molecule has 1 saturated heterocycles. The van der Waals surface area contributed by atoms with Crippen LogP contribution in [-0.4, -0.2) is 50.7 Å². The second-order valence-electron chi connectivity index (χ2n) is 10.8. The minimum Gasteiger partial charge on any atom is -0.350 e. The fourth-order valence-corrected chi connectivity index (χ4v) is 4.55. The number of carbonyl (C=O) groups is 1. The first-order valence-electron chi connectivity index (χ1n) is 11.5. The number of aromatic nitrogens is 3. The molecular formula is C24H37N5O. The number of rotatable bonds is 5. The maximum Gasteiger partial charge on any atom is 0.252 e. The molecule has 30 heavy (non-hydrogen) atoms. The molecule has 2 fully saturated rings. The number of piperidine rings is 1. The second-order valence-corrected chi connectivity index (χ2v) is 10.8. The average molecular weight is 412 g/mol. The standard InChI is InChI=1S/C24H37N5O/c1-16-20-18(22(30)25-15-24(5,6)28-12-8-7-9-13-28)14-19(17-10-11-17)26-21(20)29(27-16)23(2,3)4/h14,17H,7-13,15H2,1-6H3,(H,25,30). The topological polar surface area (TPSA) is 63.1 Å². The van der Waals surface area contributed by atoms with Gasteiger partial charge in [-0.25, -0.2) is 9.67 Å². The van der Waals surface area contributed by atoms with Gasteiger partial charge >= 0.3 is 0 Å². The van der Waals surface area contributed by atoms with Crippen molar-refractivity contribution < 1.29 is 4.79 Å². The highest BCUT2D eigenvalue weighted by atomic mass is 16.1. The predicted octanol–water partition coefficient (Wildman–Crippen LogP) is 4.37. The summed E-state index contributed by atoms with van der Waals surface area (Å²) >= 11 is 0. The lowest BCUT2D eigenvalue weighted by Crippen LogP contribution is -2.53. The second kappa shape index (κ2) is 7.63. The van der Waals surface area contributed by atoms with Crippen molar-refractivity contribution in [2.24, 2.45) is 0 Å². The van der Waals surface area contributed by atoms with E-state index in [0.29, 0.717) is 12.5 Å². The van der Waals surface area contributed by atoms with Crippen LogP contribution in [0.2, 0.25) is 0 Å². The van der Waals surface area contributed by atoms with E-state index in [1.54, 1.807) is 0 Å². The highest BCUT2D eigenvalue weighted by molar-refractivity contribution is 6.06. The molecular weight excluding hydrogens is 374 g/mol. The number of fused-ring (bicyclic) bond motifs is 1. The molecule has 1 aliphatic heterocycles. The third kappa shape index (κ3) is 4.11. The van der Waals surface area contributed by atoms with E-state index < -0.39 is 0 Å². The molecule has 2 aliphatic rings. The number of likely N-dealkylation sites (tertiary alicyclic amines) is 1. The number of aryl methyl sites for hydroxylation is 1. The summed E-state index contributed by atoms with van der Waals surface area (Å²) in [7, 11) is 0. The third-order valence-electron chi connectivity index (χ3n) is 6.60. The van der Waals surface area contributed by atoms with Crippen LogP contribution >= 0.6 is 0 Å². The van der Waals surface area contributed by atoms with Crippen molar-refractivity contribution in [3.8, 4) is 0 Å². The molecule has 0 aromatic carbocycles. The van der Waals surface area contributed by atoms with E-state index in [9.17, 15) is 4.79 Å². The van der Waals surface area contributed by atoms with Gasteiger partial charge in [-0.3, -0.25) is 9.69 Å². The Bertz CT molecular complexity index is 943. The van der Waals surface area contributed by atoms with Gasteiger partial charge in [-0.05, 0) is 86.4 Å². The van der Waals surface area contributed by atoms with Gasteiger partial charge in [0.1, 0.15) is 0 Å². The van der Waals surface area contributed by atoms with E-state index in [1.807, 2.05) is 17.7 Å². The first kappa shape index (κ1) is 21.3. The Morgan fingerprint density at radius 1 is 1.13 bits per heavy atom. The molecule has 1 saturated carbocycles. The molecule has 0 bridgehead atoms. The van der Waals surface area contributed by atoms with E-state index in [1.165, 1.54) is 19.3 Å². The molecule has 6 nitrogen and oxygen atoms in total. The Hall–Kier alpha value is -1.95. The maximum atomic E-state index is 13.4. The van der Waals surface area contributed by atoms with Crippen LogP contribution < -0.4 is 5.32 Å². The molecule has 4 rings (SSSR count). The Balaban J connectivity index is 1.65. The molecule has 0 unspecified atom stereocenters. The summed E-state index contributed by atoms with van der Waals surface area (Å²) in [5.41, 5.74) is 3.23. The SMILES string of the molecule is Cc1nn(C(C)(C)C)c2nc(C3CC3)cc(C(=O)NCC(C)(C)N3CCCCC3)c12. The van der Waals surface area contributed by atoms with Crippen LogP contribution in [0.5, 0.6) is 0 Å². The van der Waals surface area contributed by atoms with Gasteiger partial charge in [0.05, 0.1) is 22.2 Å². The van der Waals surface area contributed by atoms with Crippen molar-refractivity contribution >= 4 is 16.9 Å². The van der Waals surface area contributed by atoms with Crippen molar-refractivity contribution in [1.29, 1.82) is 0 Å². The fourth-order valence-electron chi connectivity index (χ4n) is 4.55. The van der Waals surface area contributed by atoms with Gasteiger partial charge in [0.15, 0.2) is 5.65 Å². The zero-order chi connectivity index (χ0) is 21.7. The lowest BCUT2D eigenvalue weighted by molar-refractivity contribution is 0.0798. The van der Waals surface area contributed by atoms with Crippen molar-refractivity contribution in [2.75, 3.05) is 19.6 Å². The Morgan fingerprint density at radius 3 is 2.40 bits per heavy atom. The number of hydrogen-bond donors (Lipinski definition) is 1. The molecule has 0 atom stereocenters. The van der Waals surface area contributed by atoms with E-state index in [2.05, 4.69) is 44.8 Å². The summed E-state index contributed by atoms with van der Waals surface area (Å²) in [5.74, 6) is 0.473. The zero-order valence-corrected chi connectivity index (χ0v) is 19.5. The summed E-state index contributed by atoms with van der Waals surface area (Å²) in [6.07, 6.45) is 6.12. The van der Waals surface area contributed by atoms with Crippen molar-refractivity contribution in [3.63, 3.8) is 0 Å². The van der Waals surface area contributed by atoms with Crippen LogP contribution in [0.15, 0.2) is 6.07 Å². The van der Waals surface area contributed by atoms with Crippen LogP contribution in [-0.2, 0) is 5.54 Å². The molecule has 1 N–H and O–H groups in total. The molecule has 0 radical (unpaired) electrons. The van der Waals surface area contributed by atoms with Crippen LogP contribution in [0.4, 0.5) is 0 Å². The van der Waals surface area contributed by atoms with Gasteiger partial charge in [0, 0.05) is 23.7 Å². The molecule has 2 aromatic heterocycles. The lowest BCUT2D eigenvalue weighted by atomic mass is 9.98. The van der Waals surface area contributed by atoms with Gasteiger partial charge in [-0.15, -0.1) is 0 Å². The normalized spacial score (nSPS) is 18.7. The maximum absolute atomic E-state index is 13.4. The van der Waals surface area contributed by atoms with Crippen LogP contribution in [0.3, 0.4) is 0 Å². The van der Waals surface area contributed by atoms with Crippen molar-refractivity contribution in [3.05, 3.63) is 23.0 Å². The summed E-state index contributed by atoms with van der Waals surface area (Å²) in [6.45, 7) is 15.7. The lowest BCUT2D eigenvalue weighted by Gasteiger charge is -2.41.